The van der Waals surface area contributed by atoms with Crippen molar-refractivity contribution in [3.8, 4) is 17.4 Å². The van der Waals surface area contributed by atoms with E-state index in [2.05, 4.69) is 58.6 Å². The molecular weight excluding hydrogens is 436 g/mol. The maximum atomic E-state index is 6.47. The first-order valence-electron chi connectivity index (χ1n) is 11.5. The lowest BCUT2D eigenvalue weighted by atomic mass is 9.83. The molecule has 0 bridgehead atoms. The summed E-state index contributed by atoms with van der Waals surface area (Å²) in [4.78, 5) is 9.52. The number of nitrogens with zero attached hydrogens (tertiary/aromatic N) is 4. The van der Waals surface area contributed by atoms with Gasteiger partial charge in [0, 0.05) is 16.9 Å². The molecule has 1 atom stereocenters. The van der Waals surface area contributed by atoms with E-state index in [1.54, 1.807) is 10.8 Å². The number of rotatable bonds is 4. The summed E-state index contributed by atoms with van der Waals surface area (Å²) in [5.41, 5.74) is 3.85. The molecule has 7 rings (SSSR count). The number of ether oxygens (including phenoxy) is 2. The number of hydrogen-bond acceptors (Lipinski definition) is 5. The molecule has 0 fully saturated rings. The van der Waals surface area contributed by atoms with Gasteiger partial charge in [-0.05, 0) is 23.1 Å². The van der Waals surface area contributed by atoms with Crippen LogP contribution < -0.4 is 9.47 Å². The van der Waals surface area contributed by atoms with Crippen LogP contribution in [0.3, 0.4) is 0 Å². The van der Waals surface area contributed by atoms with Crippen molar-refractivity contribution in [1.29, 1.82) is 0 Å². The summed E-state index contributed by atoms with van der Waals surface area (Å²) in [6, 6.07) is 32.6. The van der Waals surface area contributed by atoms with Crippen molar-refractivity contribution in [3.05, 3.63) is 126 Å². The Hall–Kier alpha value is -4.71. The summed E-state index contributed by atoms with van der Waals surface area (Å²) < 4.78 is 14.1. The van der Waals surface area contributed by atoms with E-state index in [0.29, 0.717) is 17.4 Å². The minimum absolute atomic E-state index is 0.0946. The van der Waals surface area contributed by atoms with E-state index in [-0.39, 0.29) is 12.5 Å². The molecule has 0 aliphatic carbocycles. The lowest BCUT2D eigenvalue weighted by molar-refractivity contribution is 0.296. The Bertz CT molecular complexity index is 1680. The van der Waals surface area contributed by atoms with Crippen molar-refractivity contribution in [1.82, 2.24) is 19.6 Å². The second-order valence-corrected chi connectivity index (χ2v) is 8.51. The molecule has 6 aromatic rings. The molecule has 1 aliphatic rings. The Labute approximate surface area is 201 Å². The standard InChI is InChI=1S/C29H20N4O2/c1-3-10-20(11-4-1)25-23-16-15-19-9-7-8-14-22(19)27(23)35-29-26(25)28-31-24(32-33(28)18-30-29)17-34-21-12-5-2-6-13-21/h1-16,18,25H,17H2/t25-/m1/s1. The molecular formula is C29H20N4O2. The van der Waals surface area contributed by atoms with E-state index in [1.807, 2.05) is 48.5 Å². The molecule has 0 unspecified atom stereocenters. The van der Waals surface area contributed by atoms with Gasteiger partial charge in [-0.1, -0.05) is 84.9 Å². The fourth-order valence-electron chi connectivity index (χ4n) is 4.81. The van der Waals surface area contributed by atoms with E-state index in [1.165, 1.54) is 0 Å². The lowest BCUT2D eigenvalue weighted by Crippen LogP contribution is -2.15. The second-order valence-electron chi connectivity index (χ2n) is 8.51. The van der Waals surface area contributed by atoms with E-state index >= 15 is 0 Å². The van der Waals surface area contributed by atoms with Gasteiger partial charge in [-0.2, -0.15) is 0 Å². The van der Waals surface area contributed by atoms with Crippen LogP contribution in [0.25, 0.3) is 16.4 Å². The normalized spacial score (nSPS) is 14.3. The van der Waals surface area contributed by atoms with Gasteiger partial charge >= 0.3 is 0 Å². The quantitative estimate of drug-likeness (QED) is 0.318. The highest BCUT2D eigenvalue weighted by Gasteiger charge is 2.34. The Balaban J connectivity index is 1.39. The van der Waals surface area contributed by atoms with Crippen LogP contribution in [0.15, 0.2) is 103 Å². The van der Waals surface area contributed by atoms with Crippen molar-refractivity contribution in [2.24, 2.45) is 0 Å². The number of hydrogen-bond donors (Lipinski definition) is 0. The Kier molecular flexibility index (Phi) is 4.48. The minimum atomic E-state index is -0.0946. The van der Waals surface area contributed by atoms with Crippen molar-refractivity contribution in [2.75, 3.05) is 0 Å². The number of fused-ring (bicyclic) bond motifs is 6. The van der Waals surface area contributed by atoms with Crippen LogP contribution in [0.4, 0.5) is 0 Å². The third-order valence-corrected chi connectivity index (χ3v) is 6.38. The lowest BCUT2D eigenvalue weighted by Gasteiger charge is -2.28. The Morgan fingerprint density at radius 1 is 0.829 bits per heavy atom. The van der Waals surface area contributed by atoms with Crippen molar-refractivity contribution in [2.45, 2.75) is 12.5 Å². The van der Waals surface area contributed by atoms with Gasteiger partial charge < -0.3 is 9.47 Å². The molecule has 3 heterocycles. The first-order chi connectivity index (χ1) is 17.3. The summed E-state index contributed by atoms with van der Waals surface area (Å²) in [6.45, 7) is 0.262. The monoisotopic (exact) mass is 456 g/mol. The molecule has 6 nitrogen and oxygen atoms in total. The number of para-hydroxylation sites is 1. The van der Waals surface area contributed by atoms with Crippen molar-refractivity contribution < 1.29 is 9.47 Å². The predicted molar refractivity (Wildman–Crippen MR) is 133 cm³/mol. The zero-order valence-corrected chi connectivity index (χ0v) is 18.7. The summed E-state index contributed by atoms with van der Waals surface area (Å²) >= 11 is 0. The first kappa shape index (κ1) is 19.7. The molecule has 35 heavy (non-hydrogen) atoms. The summed E-state index contributed by atoms with van der Waals surface area (Å²) in [6.07, 6.45) is 1.66. The van der Waals surface area contributed by atoms with Gasteiger partial charge in [-0.25, -0.2) is 14.5 Å². The summed E-state index contributed by atoms with van der Waals surface area (Å²) in [5.74, 6) is 2.66. The third-order valence-electron chi connectivity index (χ3n) is 6.38. The second kappa shape index (κ2) is 7.95. The van der Waals surface area contributed by atoms with Gasteiger partial charge in [0.25, 0.3) is 0 Å². The van der Waals surface area contributed by atoms with Gasteiger partial charge in [-0.15, -0.1) is 5.10 Å². The van der Waals surface area contributed by atoms with E-state index in [0.717, 1.165) is 39.0 Å². The van der Waals surface area contributed by atoms with Crippen LogP contribution in [0.1, 0.15) is 28.4 Å². The van der Waals surface area contributed by atoms with Crippen LogP contribution >= 0.6 is 0 Å². The predicted octanol–water partition coefficient (Wildman–Crippen LogP) is 6.14. The van der Waals surface area contributed by atoms with Crippen LogP contribution in [-0.2, 0) is 6.61 Å². The van der Waals surface area contributed by atoms with E-state index in [4.69, 9.17) is 14.5 Å². The smallest absolute Gasteiger partial charge is 0.228 e. The molecule has 6 heteroatoms. The van der Waals surface area contributed by atoms with Gasteiger partial charge in [0.2, 0.25) is 5.88 Å². The fraction of sp³-hybridized carbons (Fsp3) is 0.0690. The maximum absolute atomic E-state index is 6.47. The topological polar surface area (TPSA) is 61.5 Å². The molecule has 0 N–H and O–H groups in total. The molecule has 4 aromatic carbocycles. The molecule has 0 saturated heterocycles. The molecule has 0 spiro atoms. The van der Waals surface area contributed by atoms with Gasteiger partial charge in [-0.3, -0.25) is 0 Å². The largest absolute Gasteiger partial charge is 0.486 e. The molecule has 0 amide bonds. The van der Waals surface area contributed by atoms with Gasteiger partial charge in [0.15, 0.2) is 11.5 Å². The minimum Gasteiger partial charge on any atom is -0.486 e. The highest BCUT2D eigenvalue weighted by atomic mass is 16.5. The zero-order chi connectivity index (χ0) is 23.2. The number of aromatic nitrogens is 4. The van der Waals surface area contributed by atoms with Gasteiger partial charge in [0.05, 0.1) is 5.56 Å². The average Bonchev–Trinajstić information content (AvgIpc) is 3.35. The van der Waals surface area contributed by atoms with E-state index in [9.17, 15) is 0 Å². The molecule has 168 valence electrons. The van der Waals surface area contributed by atoms with Crippen LogP contribution in [0.5, 0.6) is 17.4 Å². The number of benzene rings is 4. The molecule has 2 aromatic heterocycles. The SMILES string of the molecule is c1ccc(OCc2nc3c4c(ncn3n2)Oc2c(ccc3ccccc23)[C@H]4c2ccccc2)cc1. The first-order valence-corrected chi connectivity index (χ1v) is 11.5. The van der Waals surface area contributed by atoms with E-state index < -0.39 is 0 Å². The molecule has 1 aliphatic heterocycles. The third kappa shape index (κ3) is 3.30. The Morgan fingerprint density at radius 2 is 1.60 bits per heavy atom. The van der Waals surface area contributed by atoms with Crippen LogP contribution in [-0.4, -0.2) is 19.6 Å². The van der Waals surface area contributed by atoms with Gasteiger partial charge in [0.1, 0.15) is 24.4 Å². The molecule has 0 saturated carbocycles. The van der Waals surface area contributed by atoms with Crippen molar-refractivity contribution in [3.63, 3.8) is 0 Å². The zero-order valence-electron chi connectivity index (χ0n) is 18.7. The highest BCUT2D eigenvalue weighted by molar-refractivity contribution is 5.91. The molecule has 0 radical (unpaired) electrons. The van der Waals surface area contributed by atoms with Crippen LogP contribution in [0, 0.1) is 0 Å². The summed E-state index contributed by atoms with van der Waals surface area (Å²) in [5, 5.41) is 6.83. The van der Waals surface area contributed by atoms with Crippen molar-refractivity contribution >= 4 is 16.4 Å². The Morgan fingerprint density at radius 3 is 2.46 bits per heavy atom. The average molecular weight is 457 g/mol. The summed E-state index contributed by atoms with van der Waals surface area (Å²) in [7, 11) is 0. The fourth-order valence-corrected chi connectivity index (χ4v) is 4.81. The maximum Gasteiger partial charge on any atom is 0.228 e. The highest BCUT2D eigenvalue weighted by Crippen LogP contribution is 2.50. The van der Waals surface area contributed by atoms with Crippen LogP contribution in [0.2, 0.25) is 0 Å².